The molecule has 0 radical (unpaired) electrons. The van der Waals surface area contributed by atoms with Gasteiger partial charge in [0.15, 0.2) is 0 Å². The molecule has 1 fully saturated rings. The summed E-state index contributed by atoms with van der Waals surface area (Å²) in [6.07, 6.45) is 9.78. The Morgan fingerprint density at radius 1 is 1.06 bits per heavy atom. The van der Waals surface area contributed by atoms with E-state index >= 15 is 0 Å². The topological polar surface area (TPSA) is 12.0 Å². The number of rotatable bonds is 0. The predicted molar refractivity (Wildman–Crippen MR) is 76.7 cm³/mol. The number of benzene rings is 1. The maximum absolute atomic E-state index is 3.92. The second-order valence-electron chi connectivity index (χ2n) is 6.35. The number of nitrogens with one attached hydrogen (secondary N) is 1. The largest absolute Gasteiger partial charge is 0.307 e. The smallest absolute Gasteiger partial charge is 0.0213 e. The Morgan fingerprint density at radius 3 is 2.56 bits per heavy atom. The van der Waals surface area contributed by atoms with Crippen LogP contribution in [0.3, 0.4) is 0 Å². The molecule has 1 saturated carbocycles. The van der Waals surface area contributed by atoms with Crippen LogP contribution >= 0.6 is 0 Å². The standard InChI is InChI=1S/C17H25N/c1-14-12-17(10-6-2-3-7-11-17)18-13-15-8-4-5-9-16(14)15/h4-5,8-9,14,18H,2-3,6-7,10-13H2,1H3. The van der Waals surface area contributed by atoms with Gasteiger partial charge in [-0.2, -0.15) is 0 Å². The fraction of sp³-hybridized carbons (Fsp3) is 0.647. The maximum atomic E-state index is 3.92. The minimum Gasteiger partial charge on any atom is -0.307 e. The van der Waals surface area contributed by atoms with E-state index in [4.69, 9.17) is 0 Å². The molecular weight excluding hydrogens is 218 g/mol. The molecule has 0 saturated heterocycles. The Labute approximate surface area is 111 Å². The zero-order valence-corrected chi connectivity index (χ0v) is 11.5. The second kappa shape index (κ2) is 5.05. The summed E-state index contributed by atoms with van der Waals surface area (Å²) in [6.45, 7) is 3.49. The van der Waals surface area contributed by atoms with E-state index in [2.05, 4.69) is 36.5 Å². The van der Waals surface area contributed by atoms with Crippen LogP contribution in [0.15, 0.2) is 24.3 Å². The third-order valence-corrected chi connectivity index (χ3v) is 5.00. The first-order valence-electron chi connectivity index (χ1n) is 7.62. The van der Waals surface area contributed by atoms with Gasteiger partial charge in [-0.25, -0.2) is 0 Å². The van der Waals surface area contributed by atoms with Crippen LogP contribution in [0, 0.1) is 0 Å². The zero-order valence-electron chi connectivity index (χ0n) is 11.5. The summed E-state index contributed by atoms with van der Waals surface area (Å²) >= 11 is 0. The van der Waals surface area contributed by atoms with Gasteiger partial charge in [-0.3, -0.25) is 0 Å². The summed E-state index contributed by atoms with van der Waals surface area (Å²) in [5.74, 6) is 0.703. The van der Waals surface area contributed by atoms with Gasteiger partial charge in [0, 0.05) is 12.1 Å². The molecule has 1 aromatic carbocycles. The summed E-state index contributed by atoms with van der Waals surface area (Å²) in [5.41, 5.74) is 3.52. The minimum absolute atomic E-state index is 0.426. The third-order valence-electron chi connectivity index (χ3n) is 5.00. The molecule has 98 valence electrons. The van der Waals surface area contributed by atoms with E-state index in [-0.39, 0.29) is 0 Å². The van der Waals surface area contributed by atoms with E-state index in [0.29, 0.717) is 11.5 Å². The molecule has 1 aliphatic heterocycles. The van der Waals surface area contributed by atoms with Crippen molar-refractivity contribution in [1.82, 2.24) is 5.32 Å². The fourth-order valence-corrected chi connectivity index (χ4v) is 4.01. The van der Waals surface area contributed by atoms with Crippen molar-refractivity contribution in [3.05, 3.63) is 35.4 Å². The molecule has 0 amide bonds. The molecular formula is C17H25N. The SMILES string of the molecule is CC1CC2(CCCCCC2)NCc2ccccc21. The normalized spacial score (nSPS) is 27.3. The lowest BCUT2D eigenvalue weighted by molar-refractivity contribution is 0.256. The van der Waals surface area contributed by atoms with Gasteiger partial charge in [0.2, 0.25) is 0 Å². The third kappa shape index (κ3) is 2.33. The molecule has 3 rings (SSSR count). The van der Waals surface area contributed by atoms with Gasteiger partial charge in [0.1, 0.15) is 0 Å². The molecule has 2 aliphatic rings. The first-order chi connectivity index (χ1) is 8.79. The maximum Gasteiger partial charge on any atom is 0.0213 e. The molecule has 1 atom stereocenters. The van der Waals surface area contributed by atoms with Gasteiger partial charge < -0.3 is 5.32 Å². The summed E-state index contributed by atoms with van der Waals surface area (Å²) < 4.78 is 0. The van der Waals surface area contributed by atoms with Crippen molar-refractivity contribution in [2.24, 2.45) is 0 Å². The van der Waals surface area contributed by atoms with E-state index in [1.54, 1.807) is 5.56 Å². The molecule has 1 aliphatic carbocycles. The predicted octanol–water partition coefficient (Wildman–Crippen LogP) is 4.38. The first-order valence-corrected chi connectivity index (χ1v) is 7.62. The second-order valence-corrected chi connectivity index (χ2v) is 6.35. The Hall–Kier alpha value is -0.820. The van der Waals surface area contributed by atoms with Gasteiger partial charge in [-0.1, -0.05) is 56.9 Å². The summed E-state index contributed by atoms with van der Waals surface area (Å²) in [6, 6.07) is 9.00. The van der Waals surface area contributed by atoms with E-state index in [1.165, 1.54) is 50.5 Å². The van der Waals surface area contributed by atoms with E-state index < -0.39 is 0 Å². The molecule has 1 heterocycles. The highest BCUT2D eigenvalue weighted by Gasteiger charge is 2.34. The van der Waals surface area contributed by atoms with Crippen LogP contribution in [0.4, 0.5) is 0 Å². The van der Waals surface area contributed by atoms with Crippen molar-refractivity contribution in [2.75, 3.05) is 0 Å². The summed E-state index contributed by atoms with van der Waals surface area (Å²) in [5, 5.41) is 3.92. The van der Waals surface area contributed by atoms with E-state index in [9.17, 15) is 0 Å². The van der Waals surface area contributed by atoms with Crippen LogP contribution in [-0.2, 0) is 6.54 Å². The highest BCUT2D eigenvalue weighted by atomic mass is 15.0. The van der Waals surface area contributed by atoms with Crippen LogP contribution in [-0.4, -0.2) is 5.54 Å². The Morgan fingerprint density at radius 2 is 1.78 bits per heavy atom. The van der Waals surface area contributed by atoms with Crippen LogP contribution in [0.25, 0.3) is 0 Å². The van der Waals surface area contributed by atoms with Gasteiger partial charge in [0.25, 0.3) is 0 Å². The molecule has 18 heavy (non-hydrogen) atoms. The monoisotopic (exact) mass is 243 g/mol. The van der Waals surface area contributed by atoms with E-state index in [1.807, 2.05) is 0 Å². The van der Waals surface area contributed by atoms with E-state index in [0.717, 1.165) is 6.54 Å². The summed E-state index contributed by atoms with van der Waals surface area (Å²) in [4.78, 5) is 0. The van der Waals surface area contributed by atoms with Crippen molar-refractivity contribution in [3.63, 3.8) is 0 Å². The highest BCUT2D eigenvalue weighted by Crippen LogP contribution is 2.39. The molecule has 1 heteroatoms. The van der Waals surface area contributed by atoms with Crippen molar-refractivity contribution in [1.29, 1.82) is 0 Å². The van der Waals surface area contributed by atoms with Crippen LogP contribution in [0.1, 0.15) is 68.9 Å². The van der Waals surface area contributed by atoms with Crippen molar-refractivity contribution >= 4 is 0 Å². The molecule has 1 N–H and O–H groups in total. The summed E-state index contributed by atoms with van der Waals surface area (Å²) in [7, 11) is 0. The first kappa shape index (κ1) is 12.2. The van der Waals surface area contributed by atoms with Gasteiger partial charge >= 0.3 is 0 Å². The quantitative estimate of drug-likeness (QED) is 0.713. The fourth-order valence-electron chi connectivity index (χ4n) is 4.01. The molecule has 1 spiro atoms. The highest BCUT2D eigenvalue weighted by molar-refractivity contribution is 5.32. The van der Waals surface area contributed by atoms with Crippen LogP contribution < -0.4 is 5.32 Å². The minimum atomic E-state index is 0.426. The molecule has 1 nitrogen and oxygen atoms in total. The Balaban J connectivity index is 1.86. The number of hydrogen-bond donors (Lipinski definition) is 1. The average molecular weight is 243 g/mol. The van der Waals surface area contributed by atoms with Gasteiger partial charge in [-0.15, -0.1) is 0 Å². The van der Waals surface area contributed by atoms with Crippen molar-refractivity contribution < 1.29 is 0 Å². The lowest BCUT2D eigenvalue weighted by Crippen LogP contribution is -2.44. The molecule has 1 unspecified atom stereocenters. The molecule has 0 bridgehead atoms. The molecule has 1 aromatic rings. The van der Waals surface area contributed by atoms with Gasteiger partial charge in [-0.05, 0) is 36.3 Å². The number of hydrogen-bond acceptors (Lipinski definition) is 1. The van der Waals surface area contributed by atoms with Crippen LogP contribution in [0.5, 0.6) is 0 Å². The van der Waals surface area contributed by atoms with Crippen molar-refractivity contribution in [3.8, 4) is 0 Å². The molecule has 0 aromatic heterocycles. The average Bonchev–Trinajstić information content (AvgIpc) is 2.69. The Kier molecular flexibility index (Phi) is 3.43. The Bertz CT molecular complexity index is 402. The number of fused-ring (bicyclic) bond motifs is 1. The lowest BCUT2D eigenvalue weighted by Gasteiger charge is -2.34. The van der Waals surface area contributed by atoms with Crippen molar-refractivity contribution in [2.45, 2.75) is 69.9 Å². The van der Waals surface area contributed by atoms with Gasteiger partial charge in [0.05, 0.1) is 0 Å². The zero-order chi connectivity index (χ0) is 12.4. The van der Waals surface area contributed by atoms with Crippen LogP contribution in [0.2, 0.25) is 0 Å². The lowest BCUT2D eigenvalue weighted by atomic mass is 9.80.